The summed E-state index contributed by atoms with van der Waals surface area (Å²) in [6.07, 6.45) is 1.65. The zero-order valence-electron chi connectivity index (χ0n) is 6.65. The average Bonchev–Trinajstić information content (AvgIpc) is 2.11. The number of allylic oxidation sites excluding steroid dienone is 6. The van der Waals surface area contributed by atoms with E-state index < -0.39 is 11.7 Å². The number of hydrogen-bond donors (Lipinski definition) is 0. The minimum atomic E-state index is -4.19. The molecule has 0 nitrogen and oxygen atoms in total. The number of hydrogen-bond acceptors (Lipinski definition) is 0. The van der Waals surface area contributed by atoms with Crippen molar-refractivity contribution >= 4 is 0 Å². The lowest BCUT2D eigenvalue weighted by atomic mass is 10.1. The first-order valence-corrected chi connectivity index (χ1v) is 3.60. The molecule has 0 N–H and O–H groups in total. The third-order valence-corrected chi connectivity index (χ3v) is 1.62. The third-order valence-electron chi connectivity index (χ3n) is 1.62. The molecule has 0 amide bonds. The summed E-state index contributed by atoms with van der Waals surface area (Å²) in [6.45, 7) is 1.69. The van der Waals surface area contributed by atoms with Gasteiger partial charge in [-0.1, -0.05) is 29.9 Å². The first-order valence-electron chi connectivity index (χ1n) is 3.60. The van der Waals surface area contributed by atoms with E-state index in [4.69, 9.17) is 0 Å². The fourth-order valence-corrected chi connectivity index (χ4v) is 1.00. The van der Waals surface area contributed by atoms with Gasteiger partial charge >= 0.3 is 6.18 Å². The third kappa shape index (κ3) is 2.26. The lowest BCUT2D eigenvalue weighted by molar-refractivity contribution is -0.0931. The van der Waals surface area contributed by atoms with Crippen LogP contribution in [0.25, 0.3) is 0 Å². The van der Waals surface area contributed by atoms with Gasteiger partial charge < -0.3 is 0 Å². The van der Waals surface area contributed by atoms with Crippen molar-refractivity contribution in [2.45, 2.75) is 19.5 Å². The summed E-state index contributed by atoms with van der Waals surface area (Å²) >= 11 is 0. The quantitative estimate of drug-likeness (QED) is 0.528. The van der Waals surface area contributed by atoms with Crippen LogP contribution in [0.15, 0.2) is 35.5 Å². The predicted molar refractivity (Wildman–Crippen MR) is 41.7 cm³/mol. The van der Waals surface area contributed by atoms with Crippen molar-refractivity contribution in [1.29, 1.82) is 0 Å². The van der Waals surface area contributed by atoms with Crippen LogP contribution in [0.4, 0.5) is 13.2 Å². The Kier molecular flexibility index (Phi) is 2.40. The first kappa shape index (κ1) is 9.10. The number of alkyl halides is 3. The molecule has 0 radical (unpaired) electrons. The molecule has 12 heavy (non-hydrogen) atoms. The lowest BCUT2D eigenvalue weighted by Gasteiger charge is -2.09. The molecule has 0 unspecified atom stereocenters. The van der Waals surface area contributed by atoms with Gasteiger partial charge in [0.1, 0.15) is 0 Å². The minimum Gasteiger partial charge on any atom is -0.166 e. The number of rotatable bonds is 0. The van der Waals surface area contributed by atoms with Crippen LogP contribution in [0.5, 0.6) is 0 Å². The molecule has 1 rings (SSSR count). The summed E-state index contributed by atoms with van der Waals surface area (Å²) in [7, 11) is 0. The molecule has 66 valence electrons. The van der Waals surface area contributed by atoms with Gasteiger partial charge in [0.05, 0.1) is 0 Å². The van der Waals surface area contributed by atoms with E-state index in [1.807, 2.05) is 0 Å². The molecule has 1 aliphatic rings. The molecular formula is C9H9F3. The minimum absolute atomic E-state index is 0.00347. The van der Waals surface area contributed by atoms with Gasteiger partial charge in [-0.15, -0.1) is 0 Å². The monoisotopic (exact) mass is 174 g/mol. The van der Waals surface area contributed by atoms with Crippen LogP contribution in [0, 0.1) is 0 Å². The zero-order valence-corrected chi connectivity index (χ0v) is 6.65. The molecule has 0 aromatic carbocycles. The van der Waals surface area contributed by atoms with E-state index in [1.165, 1.54) is 6.08 Å². The topological polar surface area (TPSA) is 0 Å². The summed E-state index contributed by atoms with van der Waals surface area (Å²) < 4.78 is 36.5. The van der Waals surface area contributed by atoms with Gasteiger partial charge in [-0.2, -0.15) is 13.2 Å². The molecule has 0 saturated carbocycles. The molecule has 3 heteroatoms. The summed E-state index contributed by atoms with van der Waals surface area (Å²) in [5.74, 6) is 0. The highest BCUT2D eigenvalue weighted by atomic mass is 19.4. The fraction of sp³-hybridized carbons (Fsp3) is 0.333. The summed E-state index contributed by atoms with van der Waals surface area (Å²) in [5.41, 5.74) is 0.248. The van der Waals surface area contributed by atoms with Crippen LogP contribution in [-0.4, -0.2) is 6.18 Å². The fourth-order valence-electron chi connectivity index (χ4n) is 1.00. The lowest BCUT2D eigenvalue weighted by Crippen LogP contribution is -2.11. The SMILES string of the molecule is CC1=CC=CC=C(C(F)(F)F)C1. The molecule has 0 aliphatic heterocycles. The highest BCUT2D eigenvalue weighted by Crippen LogP contribution is 2.31. The van der Waals surface area contributed by atoms with Gasteiger partial charge in [-0.25, -0.2) is 0 Å². The van der Waals surface area contributed by atoms with Crippen LogP contribution in [0.3, 0.4) is 0 Å². The summed E-state index contributed by atoms with van der Waals surface area (Å²) in [4.78, 5) is 0. The Bertz CT molecular complexity index is 253. The zero-order chi connectivity index (χ0) is 9.19. The molecule has 0 aromatic heterocycles. The molecule has 1 aliphatic carbocycles. The van der Waals surface area contributed by atoms with Crippen molar-refractivity contribution in [3.63, 3.8) is 0 Å². The Morgan fingerprint density at radius 2 is 1.75 bits per heavy atom. The second-order valence-electron chi connectivity index (χ2n) is 2.76. The molecule has 0 atom stereocenters. The highest BCUT2D eigenvalue weighted by Gasteiger charge is 2.32. The Hall–Kier alpha value is -0.990. The van der Waals surface area contributed by atoms with Crippen LogP contribution in [0.1, 0.15) is 13.3 Å². The van der Waals surface area contributed by atoms with Crippen molar-refractivity contribution in [3.8, 4) is 0 Å². The van der Waals surface area contributed by atoms with Crippen molar-refractivity contribution in [2.24, 2.45) is 0 Å². The van der Waals surface area contributed by atoms with E-state index in [2.05, 4.69) is 0 Å². The van der Waals surface area contributed by atoms with E-state index in [9.17, 15) is 13.2 Å². The van der Waals surface area contributed by atoms with Gasteiger partial charge in [-0.3, -0.25) is 0 Å². The Morgan fingerprint density at radius 1 is 1.17 bits per heavy atom. The Morgan fingerprint density at radius 3 is 2.33 bits per heavy atom. The largest absolute Gasteiger partial charge is 0.413 e. The standard InChI is InChI=1S/C9H9F3/c1-7-4-2-3-5-8(6-7)9(10,11)12/h2-5H,6H2,1H3. The van der Waals surface area contributed by atoms with Crippen molar-refractivity contribution < 1.29 is 13.2 Å². The molecule has 0 bridgehead atoms. The van der Waals surface area contributed by atoms with Crippen LogP contribution in [-0.2, 0) is 0 Å². The smallest absolute Gasteiger partial charge is 0.166 e. The molecule has 0 aromatic rings. The molecule has 0 spiro atoms. The Balaban J connectivity index is 2.88. The van der Waals surface area contributed by atoms with Gasteiger partial charge in [0, 0.05) is 5.57 Å². The van der Waals surface area contributed by atoms with Crippen molar-refractivity contribution in [1.82, 2.24) is 0 Å². The van der Waals surface area contributed by atoms with E-state index in [-0.39, 0.29) is 6.42 Å². The Labute approximate surface area is 69.1 Å². The van der Waals surface area contributed by atoms with Gasteiger partial charge in [0.25, 0.3) is 0 Å². The van der Waals surface area contributed by atoms with E-state index in [0.29, 0.717) is 0 Å². The summed E-state index contributed by atoms with van der Waals surface area (Å²) in [6, 6.07) is 0. The second-order valence-corrected chi connectivity index (χ2v) is 2.76. The predicted octanol–water partition coefficient (Wildman–Crippen LogP) is 3.38. The maximum absolute atomic E-state index is 12.2. The molecule has 0 heterocycles. The molecule has 0 fully saturated rings. The van der Waals surface area contributed by atoms with Crippen molar-refractivity contribution in [3.05, 3.63) is 35.5 Å². The average molecular weight is 174 g/mol. The van der Waals surface area contributed by atoms with Crippen LogP contribution in [0.2, 0.25) is 0 Å². The maximum atomic E-state index is 12.2. The normalized spacial score (nSPS) is 18.3. The van der Waals surface area contributed by atoms with E-state index in [0.717, 1.165) is 11.6 Å². The molecule has 0 saturated heterocycles. The van der Waals surface area contributed by atoms with E-state index in [1.54, 1.807) is 19.1 Å². The van der Waals surface area contributed by atoms with Crippen molar-refractivity contribution in [2.75, 3.05) is 0 Å². The van der Waals surface area contributed by atoms with Crippen LogP contribution < -0.4 is 0 Å². The van der Waals surface area contributed by atoms with Gasteiger partial charge in [0.2, 0.25) is 0 Å². The van der Waals surface area contributed by atoms with Gasteiger partial charge in [0.15, 0.2) is 0 Å². The highest BCUT2D eigenvalue weighted by molar-refractivity contribution is 5.29. The first-order chi connectivity index (χ1) is 5.50. The summed E-state index contributed by atoms with van der Waals surface area (Å²) in [5, 5.41) is 0. The van der Waals surface area contributed by atoms with E-state index >= 15 is 0 Å². The van der Waals surface area contributed by atoms with Gasteiger partial charge in [-0.05, 0) is 13.3 Å². The molecular weight excluding hydrogens is 165 g/mol. The maximum Gasteiger partial charge on any atom is 0.413 e. The second kappa shape index (κ2) is 3.17. The number of halogens is 3. The van der Waals surface area contributed by atoms with Crippen LogP contribution >= 0.6 is 0 Å².